The standard InChI is InChI=1S/C14H17NO4/c1-19-6-2-3-13(16)15-8-11-5-4-10(14(17)18)7-12(11)9-15/h4-5,7H,2-3,6,8-9H2,1H3,(H,17,18). The van der Waals surface area contributed by atoms with E-state index in [0.29, 0.717) is 32.5 Å². The molecule has 1 aromatic carbocycles. The molecule has 19 heavy (non-hydrogen) atoms. The Morgan fingerprint density at radius 3 is 2.74 bits per heavy atom. The maximum Gasteiger partial charge on any atom is 0.335 e. The van der Waals surface area contributed by atoms with E-state index < -0.39 is 5.97 Å². The lowest BCUT2D eigenvalue weighted by Gasteiger charge is -2.14. The molecular weight excluding hydrogens is 246 g/mol. The second-order valence-electron chi connectivity index (χ2n) is 4.63. The van der Waals surface area contributed by atoms with E-state index in [4.69, 9.17) is 9.84 Å². The summed E-state index contributed by atoms with van der Waals surface area (Å²) in [6, 6.07) is 5.03. The van der Waals surface area contributed by atoms with Gasteiger partial charge in [-0.2, -0.15) is 0 Å². The topological polar surface area (TPSA) is 66.8 Å². The van der Waals surface area contributed by atoms with E-state index in [1.54, 1.807) is 30.2 Å². The van der Waals surface area contributed by atoms with Crippen molar-refractivity contribution < 1.29 is 19.4 Å². The Hall–Kier alpha value is -1.88. The van der Waals surface area contributed by atoms with Gasteiger partial charge in [0.2, 0.25) is 5.91 Å². The maximum absolute atomic E-state index is 12.0. The van der Waals surface area contributed by atoms with Gasteiger partial charge < -0.3 is 14.7 Å². The van der Waals surface area contributed by atoms with Crippen LogP contribution in [0.25, 0.3) is 0 Å². The number of hydrogen-bond donors (Lipinski definition) is 1. The maximum atomic E-state index is 12.0. The molecule has 0 radical (unpaired) electrons. The van der Waals surface area contributed by atoms with E-state index in [2.05, 4.69) is 0 Å². The molecule has 1 heterocycles. The van der Waals surface area contributed by atoms with E-state index in [0.717, 1.165) is 11.1 Å². The average Bonchev–Trinajstić information content (AvgIpc) is 2.81. The molecule has 0 saturated carbocycles. The third-order valence-corrected chi connectivity index (χ3v) is 3.27. The molecular formula is C14H17NO4. The van der Waals surface area contributed by atoms with E-state index in [1.807, 2.05) is 0 Å². The molecule has 0 aromatic heterocycles. The lowest BCUT2D eigenvalue weighted by Crippen LogP contribution is -2.25. The highest BCUT2D eigenvalue weighted by atomic mass is 16.5. The molecule has 5 nitrogen and oxygen atoms in total. The summed E-state index contributed by atoms with van der Waals surface area (Å²) < 4.78 is 4.92. The number of fused-ring (bicyclic) bond motifs is 1. The first-order chi connectivity index (χ1) is 9.11. The minimum Gasteiger partial charge on any atom is -0.478 e. The molecule has 1 aliphatic rings. The number of amides is 1. The normalized spacial score (nSPS) is 13.4. The number of methoxy groups -OCH3 is 1. The van der Waals surface area contributed by atoms with Gasteiger partial charge in [-0.3, -0.25) is 4.79 Å². The molecule has 1 N–H and O–H groups in total. The Morgan fingerprint density at radius 2 is 2.05 bits per heavy atom. The SMILES string of the molecule is COCCCC(=O)N1Cc2ccc(C(=O)O)cc2C1. The first-order valence-electron chi connectivity index (χ1n) is 6.23. The average molecular weight is 263 g/mol. The minimum atomic E-state index is -0.937. The Labute approximate surface area is 111 Å². The van der Waals surface area contributed by atoms with Gasteiger partial charge in [0.15, 0.2) is 0 Å². The zero-order valence-corrected chi connectivity index (χ0v) is 10.9. The molecule has 0 atom stereocenters. The number of carbonyl (C=O) groups is 2. The van der Waals surface area contributed by atoms with Crippen molar-refractivity contribution in [3.63, 3.8) is 0 Å². The van der Waals surface area contributed by atoms with Crippen LogP contribution in [0.2, 0.25) is 0 Å². The first-order valence-corrected chi connectivity index (χ1v) is 6.23. The van der Waals surface area contributed by atoms with Crippen molar-refractivity contribution in [2.75, 3.05) is 13.7 Å². The molecule has 1 aromatic rings. The summed E-state index contributed by atoms with van der Waals surface area (Å²) in [5.41, 5.74) is 2.23. The van der Waals surface area contributed by atoms with Crippen molar-refractivity contribution in [1.29, 1.82) is 0 Å². The quantitative estimate of drug-likeness (QED) is 0.820. The molecule has 1 amide bonds. The summed E-state index contributed by atoms with van der Waals surface area (Å²) in [5.74, 6) is -0.849. The minimum absolute atomic E-state index is 0.0881. The van der Waals surface area contributed by atoms with Crippen molar-refractivity contribution in [3.8, 4) is 0 Å². The highest BCUT2D eigenvalue weighted by Gasteiger charge is 2.23. The molecule has 0 spiro atoms. The van der Waals surface area contributed by atoms with Gasteiger partial charge in [0.05, 0.1) is 5.56 Å². The number of benzene rings is 1. The summed E-state index contributed by atoms with van der Waals surface area (Å²) >= 11 is 0. The van der Waals surface area contributed by atoms with Gasteiger partial charge in [-0.05, 0) is 29.7 Å². The molecule has 0 unspecified atom stereocenters. The number of carbonyl (C=O) groups excluding carboxylic acids is 1. The number of rotatable bonds is 5. The molecule has 5 heteroatoms. The van der Waals surface area contributed by atoms with Crippen LogP contribution in [-0.4, -0.2) is 35.6 Å². The predicted molar refractivity (Wildman–Crippen MR) is 68.8 cm³/mol. The number of hydrogen-bond acceptors (Lipinski definition) is 3. The van der Waals surface area contributed by atoms with Crippen molar-refractivity contribution in [2.45, 2.75) is 25.9 Å². The zero-order valence-electron chi connectivity index (χ0n) is 10.9. The van der Waals surface area contributed by atoms with Crippen molar-refractivity contribution in [3.05, 3.63) is 34.9 Å². The first kappa shape index (κ1) is 13.5. The van der Waals surface area contributed by atoms with Crippen LogP contribution in [0.3, 0.4) is 0 Å². The molecule has 0 saturated heterocycles. The predicted octanol–water partition coefficient (Wildman–Crippen LogP) is 1.65. The third kappa shape index (κ3) is 3.12. The fraction of sp³-hybridized carbons (Fsp3) is 0.429. The van der Waals surface area contributed by atoms with Gasteiger partial charge >= 0.3 is 5.97 Å². The van der Waals surface area contributed by atoms with Crippen LogP contribution in [0.5, 0.6) is 0 Å². The number of carboxylic acids is 1. The molecule has 0 fully saturated rings. The van der Waals surface area contributed by atoms with Crippen LogP contribution in [0, 0.1) is 0 Å². The largest absolute Gasteiger partial charge is 0.478 e. The van der Waals surface area contributed by atoms with Gasteiger partial charge in [-0.1, -0.05) is 6.07 Å². The molecule has 0 aliphatic carbocycles. The van der Waals surface area contributed by atoms with Gasteiger partial charge in [-0.15, -0.1) is 0 Å². The summed E-state index contributed by atoms with van der Waals surface area (Å²) in [5, 5.41) is 8.94. The van der Waals surface area contributed by atoms with E-state index in [1.165, 1.54) is 0 Å². The van der Waals surface area contributed by atoms with Crippen LogP contribution in [0.4, 0.5) is 0 Å². The summed E-state index contributed by atoms with van der Waals surface area (Å²) in [6.07, 6.45) is 1.18. The molecule has 0 bridgehead atoms. The monoisotopic (exact) mass is 263 g/mol. The van der Waals surface area contributed by atoms with Gasteiger partial charge in [0, 0.05) is 33.2 Å². The van der Waals surface area contributed by atoms with E-state index >= 15 is 0 Å². The fourth-order valence-electron chi connectivity index (χ4n) is 2.23. The zero-order chi connectivity index (χ0) is 13.8. The number of carboxylic acid groups (broad SMARTS) is 1. The molecule has 2 rings (SSSR count). The van der Waals surface area contributed by atoms with Crippen molar-refractivity contribution in [1.82, 2.24) is 4.90 Å². The molecule has 102 valence electrons. The summed E-state index contributed by atoms with van der Waals surface area (Å²) in [7, 11) is 1.61. The van der Waals surface area contributed by atoms with Crippen molar-refractivity contribution in [2.24, 2.45) is 0 Å². The highest BCUT2D eigenvalue weighted by molar-refractivity contribution is 5.88. The Morgan fingerprint density at radius 1 is 1.32 bits per heavy atom. The smallest absolute Gasteiger partial charge is 0.335 e. The molecule has 1 aliphatic heterocycles. The van der Waals surface area contributed by atoms with Crippen LogP contribution in [0.1, 0.15) is 34.3 Å². The Bertz CT molecular complexity index is 498. The lowest BCUT2D eigenvalue weighted by molar-refractivity contribution is -0.132. The number of nitrogens with zero attached hydrogens (tertiary/aromatic N) is 1. The van der Waals surface area contributed by atoms with Crippen LogP contribution < -0.4 is 0 Å². The number of aromatic carboxylic acids is 1. The summed E-state index contributed by atoms with van der Waals surface area (Å²) in [4.78, 5) is 24.6. The second-order valence-corrected chi connectivity index (χ2v) is 4.63. The van der Waals surface area contributed by atoms with Crippen molar-refractivity contribution >= 4 is 11.9 Å². The van der Waals surface area contributed by atoms with Gasteiger partial charge in [0.25, 0.3) is 0 Å². The van der Waals surface area contributed by atoms with Crippen LogP contribution in [-0.2, 0) is 22.6 Å². The third-order valence-electron chi connectivity index (χ3n) is 3.27. The van der Waals surface area contributed by atoms with Gasteiger partial charge in [0.1, 0.15) is 0 Å². The van der Waals surface area contributed by atoms with Gasteiger partial charge in [-0.25, -0.2) is 4.79 Å². The highest BCUT2D eigenvalue weighted by Crippen LogP contribution is 2.24. The van der Waals surface area contributed by atoms with E-state index in [9.17, 15) is 9.59 Å². The Kier molecular flexibility index (Phi) is 4.16. The van der Waals surface area contributed by atoms with Crippen LogP contribution >= 0.6 is 0 Å². The summed E-state index contributed by atoms with van der Waals surface area (Å²) in [6.45, 7) is 1.65. The van der Waals surface area contributed by atoms with Crippen LogP contribution in [0.15, 0.2) is 18.2 Å². The lowest BCUT2D eigenvalue weighted by atomic mass is 10.1. The Balaban J connectivity index is 1.99. The number of ether oxygens (including phenoxy) is 1. The fourth-order valence-corrected chi connectivity index (χ4v) is 2.23. The second kappa shape index (κ2) is 5.84. The van der Waals surface area contributed by atoms with E-state index in [-0.39, 0.29) is 11.5 Å².